The third-order valence-electron chi connectivity index (χ3n) is 4.86. The van der Waals surface area contributed by atoms with E-state index in [4.69, 9.17) is 16.6 Å². The van der Waals surface area contributed by atoms with Gasteiger partial charge in [0, 0.05) is 17.4 Å². The van der Waals surface area contributed by atoms with Crippen molar-refractivity contribution in [2.45, 2.75) is 74.4 Å². The van der Waals surface area contributed by atoms with Crippen molar-refractivity contribution in [3.8, 4) is 0 Å². The molecule has 2 saturated heterocycles. The summed E-state index contributed by atoms with van der Waals surface area (Å²) in [5.41, 5.74) is 11.3. The molecule has 0 aromatic rings. The first kappa shape index (κ1) is 20.0. The molecule has 7 N–H and O–H groups in total. The molecule has 2 aliphatic heterocycles. The number of carboxylic acids is 1. The van der Waals surface area contributed by atoms with Gasteiger partial charge in [0.25, 0.3) is 0 Å². The number of urea groups is 1. The summed E-state index contributed by atoms with van der Waals surface area (Å²) in [6.07, 6.45) is 4.48. The molecular formula is C16H28N4O4S. The summed E-state index contributed by atoms with van der Waals surface area (Å²) in [7, 11) is 0. The number of carbonyl (C=O) groups is 3. The van der Waals surface area contributed by atoms with Gasteiger partial charge in [-0.25, -0.2) is 4.79 Å². The number of nitrogens with one attached hydrogen (secondary N) is 2. The van der Waals surface area contributed by atoms with E-state index in [2.05, 4.69) is 10.6 Å². The minimum atomic E-state index is -1.03. The van der Waals surface area contributed by atoms with Crippen LogP contribution < -0.4 is 22.1 Å². The molecule has 142 valence electrons. The van der Waals surface area contributed by atoms with Crippen molar-refractivity contribution in [3.63, 3.8) is 0 Å². The first-order valence-corrected chi connectivity index (χ1v) is 9.88. The highest BCUT2D eigenvalue weighted by Gasteiger charge is 2.42. The van der Waals surface area contributed by atoms with Crippen LogP contribution in [0.3, 0.4) is 0 Å². The van der Waals surface area contributed by atoms with E-state index in [-0.39, 0.29) is 23.9 Å². The standard InChI is InChI=1S/C16H28N4O4S/c17-9(4-3-5-10(18)15(22)23)12(21)6-1-2-7-13-14-11(8-25-13)19-16(24)20-14/h9-11,13-14H,1-8,17-18H2,(H,22,23)(H2,19,20,24)/t9?,10-,11-,13-,14-/m0/s1. The van der Waals surface area contributed by atoms with Crippen LogP contribution in [0.5, 0.6) is 0 Å². The fraction of sp³-hybridized carbons (Fsp3) is 0.812. The number of hydrogen-bond acceptors (Lipinski definition) is 6. The van der Waals surface area contributed by atoms with Crippen molar-refractivity contribution in [1.82, 2.24) is 10.6 Å². The number of unbranched alkanes of at least 4 members (excludes halogenated alkanes) is 1. The van der Waals surface area contributed by atoms with Gasteiger partial charge in [-0.3, -0.25) is 9.59 Å². The van der Waals surface area contributed by atoms with Gasteiger partial charge in [0.1, 0.15) is 11.8 Å². The smallest absolute Gasteiger partial charge is 0.320 e. The lowest BCUT2D eigenvalue weighted by molar-refractivity contribution is -0.138. The molecule has 1 unspecified atom stereocenters. The van der Waals surface area contributed by atoms with E-state index in [1.54, 1.807) is 0 Å². The lowest BCUT2D eigenvalue weighted by Gasteiger charge is -2.16. The van der Waals surface area contributed by atoms with E-state index in [9.17, 15) is 14.4 Å². The van der Waals surface area contributed by atoms with E-state index in [0.717, 1.165) is 25.0 Å². The number of carbonyl (C=O) groups excluding carboxylic acids is 2. The first-order valence-electron chi connectivity index (χ1n) is 8.83. The molecule has 0 saturated carbocycles. The Morgan fingerprint density at radius 3 is 2.60 bits per heavy atom. The highest BCUT2D eigenvalue weighted by atomic mass is 32.2. The van der Waals surface area contributed by atoms with Gasteiger partial charge in [-0.1, -0.05) is 6.42 Å². The molecule has 0 aromatic carbocycles. The minimum Gasteiger partial charge on any atom is -0.480 e. The fourth-order valence-corrected chi connectivity index (χ4v) is 4.86. The van der Waals surface area contributed by atoms with Gasteiger partial charge in [0.15, 0.2) is 0 Å². The zero-order valence-corrected chi connectivity index (χ0v) is 15.1. The van der Waals surface area contributed by atoms with Crippen LogP contribution in [0.25, 0.3) is 0 Å². The highest BCUT2D eigenvalue weighted by molar-refractivity contribution is 8.00. The summed E-state index contributed by atoms with van der Waals surface area (Å²) in [6, 6.07) is -1.07. The highest BCUT2D eigenvalue weighted by Crippen LogP contribution is 2.33. The summed E-state index contributed by atoms with van der Waals surface area (Å²) < 4.78 is 0. The average molecular weight is 372 g/mol. The fourth-order valence-electron chi connectivity index (χ4n) is 3.32. The normalized spacial score (nSPS) is 27.3. The summed E-state index contributed by atoms with van der Waals surface area (Å²) in [5, 5.41) is 15.0. The molecule has 0 aromatic heterocycles. The number of aliphatic carboxylic acids is 1. The second-order valence-corrected chi connectivity index (χ2v) is 8.09. The van der Waals surface area contributed by atoms with Crippen LogP contribution in [-0.2, 0) is 9.59 Å². The molecule has 5 atom stereocenters. The molecule has 2 heterocycles. The topological polar surface area (TPSA) is 148 Å². The van der Waals surface area contributed by atoms with Gasteiger partial charge in [-0.05, 0) is 32.1 Å². The number of fused-ring (bicyclic) bond motifs is 1. The van der Waals surface area contributed by atoms with E-state index in [1.165, 1.54) is 0 Å². The third kappa shape index (κ3) is 5.86. The Hall–Kier alpha value is -1.32. The van der Waals surface area contributed by atoms with Crippen LogP contribution in [0, 0.1) is 0 Å². The number of hydrogen-bond donors (Lipinski definition) is 5. The van der Waals surface area contributed by atoms with Crippen molar-refractivity contribution >= 4 is 29.5 Å². The Bertz CT molecular complexity index is 505. The maximum absolute atomic E-state index is 12.0. The maximum Gasteiger partial charge on any atom is 0.320 e. The summed E-state index contributed by atoms with van der Waals surface area (Å²) in [5.74, 6) is -0.0617. The number of amides is 2. The predicted octanol–water partition coefficient (Wildman–Crippen LogP) is 0.191. The van der Waals surface area contributed by atoms with Crippen LogP contribution in [0.4, 0.5) is 4.79 Å². The predicted molar refractivity (Wildman–Crippen MR) is 96.4 cm³/mol. The van der Waals surface area contributed by atoms with E-state index in [1.807, 2.05) is 11.8 Å². The molecule has 0 spiro atoms. The van der Waals surface area contributed by atoms with Crippen molar-refractivity contribution in [2.24, 2.45) is 11.5 Å². The van der Waals surface area contributed by atoms with Crippen LogP contribution in [0.2, 0.25) is 0 Å². The summed E-state index contributed by atoms with van der Waals surface area (Å²) >= 11 is 1.87. The van der Waals surface area contributed by atoms with Crippen LogP contribution in [-0.4, -0.2) is 58.1 Å². The molecule has 2 rings (SSSR count). The van der Waals surface area contributed by atoms with Crippen molar-refractivity contribution in [1.29, 1.82) is 0 Å². The number of Topliss-reactive ketones (excluding diaryl/α,β-unsaturated/α-hetero) is 1. The second kappa shape index (κ2) is 9.40. The number of nitrogens with two attached hydrogens (primary N) is 2. The van der Waals surface area contributed by atoms with Gasteiger partial charge in [-0.2, -0.15) is 11.8 Å². The van der Waals surface area contributed by atoms with Gasteiger partial charge < -0.3 is 27.2 Å². The molecule has 2 fully saturated rings. The maximum atomic E-state index is 12.0. The second-order valence-electron chi connectivity index (χ2n) is 6.82. The SMILES string of the molecule is NC(CCC[C@H](N)C(=O)O)C(=O)CCCC[C@@H]1SC[C@@H]2NC(=O)N[C@@H]21. The van der Waals surface area contributed by atoms with Gasteiger partial charge in [0.05, 0.1) is 18.1 Å². The van der Waals surface area contributed by atoms with Crippen molar-refractivity contribution < 1.29 is 19.5 Å². The molecule has 9 heteroatoms. The molecule has 0 radical (unpaired) electrons. The van der Waals surface area contributed by atoms with Crippen LogP contribution in [0.15, 0.2) is 0 Å². The number of thioether (sulfide) groups is 1. The Labute approximate surface area is 151 Å². The molecule has 0 aliphatic carbocycles. The third-order valence-corrected chi connectivity index (χ3v) is 6.37. The molecule has 2 amide bonds. The molecule has 2 aliphatic rings. The Morgan fingerprint density at radius 2 is 1.88 bits per heavy atom. The molecule has 8 nitrogen and oxygen atoms in total. The number of rotatable bonds is 11. The zero-order chi connectivity index (χ0) is 18.4. The minimum absolute atomic E-state index is 0.0247. The summed E-state index contributed by atoms with van der Waals surface area (Å²) in [4.78, 5) is 34.0. The van der Waals surface area contributed by atoms with E-state index < -0.39 is 18.1 Å². The van der Waals surface area contributed by atoms with E-state index >= 15 is 0 Å². The van der Waals surface area contributed by atoms with Crippen LogP contribution in [0.1, 0.15) is 44.9 Å². The lowest BCUT2D eigenvalue weighted by Crippen LogP contribution is -2.36. The average Bonchev–Trinajstić information content (AvgIpc) is 3.10. The largest absolute Gasteiger partial charge is 0.480 e. The lowest BCUT2D eigenvalue weighted by atomic mass is 9.98. The van der Waals surface area contributed by atoms with Gasteiger partial charge in [0.2, 0.25) is 0 Å². The molecular weight excluding hydrogens is 344 g/mol. The Balaban J connectivity index is 1.56. The Morgan fingerprint density at radius 1 is 1.16 bits per heavy atom. The summed E-state index contributed by atoms with van der Waals surface area (Å²) in [6.45, 7) is 0. The van der Waals surface area contributed by atoms with Crippen LogP contribution >= 0.6 is 11.8 Å². The first-order chi connectivity index (χ1) is 11.9. The Kier molecular flexibility index (Phi) is 7.52. The monoisotopic (exact) mass is 372 g/mol. The quantitative estimate of drug-likeness (QED) is 0.257. The van der Waals surface area contributed by atoms with E-state index in [0.29, 0.717) is 30.9 Å². The van der Waals surface area contributed by atoms with Crippen molar-refractivity contribution in [2.75, 3.05) is 5.75 Å². The van der Waals surface area contributed by atoms with Crippen molar-refractivity contribution in [3.05, 3.63) is 0 Å². The molecule has 0 bridgehead atoms. The van der Waals surface area contributed by atoms with Gasteiger partial charge >= 0.3 is 12.0 Å². The number of ketones is 1. The number of carboxylic acid groups (broad SMARTS) is 1. The molecule has 25 heavy (non-hydrogen) atoms. The zero-order valence-electron chi connectivity index (χ0n) is 14.3. The van der Waals surface area contributed by atoms with Gasteiger partial charge in [-0.15, -0.1) is 0 Å².